The third kappa shape index (κ3) is 6.76. The molecular formula is C30H31N3O2. The first-order chi connectivity index (χ1) is 16.9. The molecule has 1 aromatic heterocycles. The Kier molecular flexibility index (Phi) is 7.56. The number of nitrogens with zero attached hydrogens (tertiary/aromatic N) is 3. The zero-order chi connectivity index (χ0) is 24.7. The predicted octanol–water partition coefficient (Wildman–Crippen LogP) is 5.72. The summed E-state index contributed by atoms with van der Waals surface area (Å²) >= 11 is 0. The highest BCUT2D eigenvalue weighted by Crippen LogP contribution is 2.18. The minimum atomic E-state index is -0.726. The van der Waals surface area contributed by atoms with Crippen molar-refractivity contribution in [1.29, 1.82) is 0 Å². The van der Waals surface area contributed by atoms with E-state index in [4.69, 9.17) is 9.73 Å². The lowest BCUT2D eigenvalue weighted by Gasteiger charge is -2.23. The van der Waals surface area contributed by atoms with Crippen LogP contribution in [-0.2, 0) is 22.5 Å². The van der Waals surface area contributed by atoms with E-state index in [2.05, 4.69) is 21.7 Å². The van der Waals surface area contributed by atoms with E-state index in [-0.39, 0.29) is 5.97 Å². The Hall–Kier alpha value is -3.99. The van der Waals surface area contributed by atoms with Gasteiger partial charge in [-0.3, -0.25) is 4.99 Å². The number of ether oxygens (including phenoxy) is 1. The summed E-state index contributed by atoms with van der Waals surface area (Å²) in [4.78, 5) is 22.8. The van der Waals surface area contributed by atoms with Crippen molar-refractivity contribution in [2.45, 2.75) is 45.4 Å². The minimum absolute atomic E-state index is 0.352. The molecule has 0 unspecified atom stereocenters. The lowest BCUT2D eigenvalue weighted by Crippen LogP contribution is -2.33. The van der Waals surface area contributed by atoms with Gasteiger partial charge in [0.05, 0.1) is 12.0 Å². The summed E-state index contributed by atoms with van der Waals surface area (Å²) in [7, 11) is 0. The molecule has 0 aliphatic rings. The van der Waals surface area contributed by atoms with Crippen LogP contribution in [0.1, 0.15) is 43.2 Å². The van der Waals surface area contributed by atoms with Crippen LogP contribution in [0.4, 0.5) is 0 Å². The van der Waals surface area contributed by atoms with Crippen molar-refractivity contribution in [2.75, 3.05) is 0 Å². The Labute approximate surface area is 207 Å². The van der Waals surface area contributed by atoms with Gasteiger partial charge in [0.15, 0.2) is 6.04 Å². The number of benzene rings is 3. The molecule has 1 heterocycles. The lowest BCUT2D eigenvalue weighted by molar-refractivity contribution is -0.156. The van der Waals surface area contributed by atoms with Crippen LogP contribution in [0.2, 0.25) is 0 Å². The molecule has 0 N–H and O–H groups in total. The largest absolute Gasteiger partial charge is 0.458 e. The van der Waals surface area contributed by atoms with Crippen LogP contribution in [0, 0.1) is 0 Å². The molecule has 0 aliphatic heterocycles. The fourth-order valence-corrected chi connectivity index (χ4v) is 3.85. The second kappa shape index (κ2) is 11.0. The highest BCUT2D eigenvalue weighted by molar-refractivity contribution is 6.13. The second-order valence-corrected chi connectivity index (χ2v) is 9.46. The molecule has 0 saturated heterocycles. The van der Waals surface area contributed by atoms with Gasteiger partial charge in [0, 0.05) is 36.0 Å². The van der Waals surface area contributed by atoms with Crippen molar-refractivity contribution in [2.24, 2.45) is 4.99 Å². The van der Waals surface area contributed by atoms with Crippen molar-refractivity contribution < 1.29 is 9.53 Å². The highest BCUT2D eigenvalue weighted by atomic mass is 16.6. The van der Waals surface area contributed by atoms with E-state index in [1.165, 1.54) is 5.56 Å². The summed E-state index contributed by atoms with van der Waals surface area (Å²) in [5.41, 5.74) is 4.13. The molecule has 1 atom stereocenters. The topological polar surface area (TPSA) is 56.5 Å². The first-order valence-corrected chi connectivity index (χ1v) is 11.8. The fourth-order valence-electron chi connectivity index (χ4n) is 3.85. The Bertz CT molecular complexity index is 1220. The molecule has 0 saturated carbocycles. The van der Waals surface area contributed by atoms with Gasteiger partial charge >= 0.3 is 5.97 Å². The molecule has 178 valence electrons. The molecule has 35 heavy (non-hydrogen) atoms. The summed E-state index contributed by atoms with van der Waals surface area (Å²) in [6.45, 7) is 6.30. The van der Waals surface area contributed by atoms with Crippen LogP contribution in [0.25, 0.3) is 0 Å². The first kappa shape index (κ1) is 24.1. The summed E-state index contributed by atoms with van der Waals surface area (Å²) < 4.78 is 7.87. The standard InChI is InChI=1S/C30H31N3O2/c1-30(2,3)35-29(34)27(19-26-20-31-22-33(26)21-23-13-7-4-8-14-23)32-28(24-15-9-5-10-16-24)25-17-11-6-12-18-25/h4-18,20,22,27H,19,21H2,1-3H3/t27-/m0/s1/i22+1. The van der Waals surface area contributed by atoms with E-state index in [0.29, 0.717) is 13.0 Å². The Morgan fingerprint density at radius 2 is 1.43 bits per heavy atom. The molecule has 3 aromatic carbocycles. The van der Waals surface area contributed by atoms with Gasteiger partial charge in [-0.2, -0.15) is 0 Å². The Balaban J connectivity index is 1.73. The molecule has 4 rings (SSSR count). The number of rotatable bonds is 8. The number of carbonyl (C=O) groups excluding carboxylic acids is 1. The van der Waals surface area contributed by atoms with Crippen LogP contribution in [0.15, 0.2) is 109 Å². The van der Waals surface area contributed by atoms with E-state index < -0.39 is 11.6 Å². The van der Waals surface area contributed by atoms with Gasteiger partial charge in [0.1, 0.15) is 5.60 Å². The number of aliphatic imine (C=N–C) groups is 1. The lowest BCUT2D eigenvalue weighted by atomic mass is 10.0. The summed E-state index contributed by atoms with van der Waals surface area (Å²) in [5.74, 6) is -0.352. The number of hydrogen-bond donors (Lipinski definition) is 0. The van der Waals surface area contributed by atoms with Crippen molar-refractivity contribution in [3.8, 4) is 0 Å². The third-order valence-corrected chi connectivity index (χ3v) is 5.45. The summed E-state index contributed by atoms with van der Waals surface area (Å²) in [6.07, 6.45) is 3.99. The smallest absolute Gasteiger partial charge is 0.331 e. The minimum Gasteiger partial charge on any atom is -0.458 e. The molecule has 0 fully saturated rings. The van der Waals surface area contributed by atoms with Gasteiger partial charge in [0.25, 0.3) is 0 Å². The average molecular weight is 467 g/mol. The van der Waals surface area contributed by atoms with Crippen LogP contribution in [0.3, 0.4) is 0 Å². The molecule has 5 heteroatoms. The van der Waals surface area contributed by atoms with E-state index >= 15 is 0 Å². The SMILES string of the molecule is CC(C)(C)OC(=O)[C@H](Cc1cn[13cH]n1Cc1ccccc1)N=C(c1ccccc1)c1ccccc1. The van der Waals surface area contributed by atoms with Gasteiger partial charge in [-0.15, -0.1) is 0 Å². The summed E-state index contributed by atoms with van der Waals surface area (Å²) in [5, 5.41) is 0. The zero-order valence-electron chi connectivity index (χ0n) is 20.5. The number of aromatic nitrogens is 2. The predicted molar refractivity (Wildman–Crippen MR) is 140 cm³/mol. The van der Waals surface area contributed by atoms with Crippen molar-refractivity contribution in [3.63, 3.8) is 0 Å². The van der Waals surface area contributed by atoms with Gasteiger partial charge < -0.3 is 9.30 Å². The molecule has 5 nitrogen and oxygen atoms in total. The fraction of sp³-hybridized carbons (Fsp3) is 0.233. The maximum absolute atomic E-state index is 13.4. The monoisotopic (exact) mass is 466 g/mol. The van der Waals surface area contributed by atoms with Gasteiger partial charge in [-0.1, -0.05) is 91.0 Å². The normalized spacial score (nSPS) is 12.1. The molecule has 0 spiro atoms. The number of hydrogen-bond acceptors (Lipinski definition) is 4. The van der Waals surface area contributed by atoms with Crippen LogP contribution in [0.5, 0.6) is 0 Å². The quantitative estimate of drug-likeness (QED) is 0.246. The van der Waals surface area contributed by atoms with E-state index in [0.717, 1.165) is 22.5 Å². The first-order valence-electron chi connectivity index (χ1n) is 11.8. The highest BCUT2D eigenvalue weighted by Gasteiger charge is 2.27. The van der Waals surface area contributed by atoms with E-state index in [9.17, 15) is 4.79 Å². The number of esters is 1. The summed E-state index contributed by atoms with van der Waals surface area (Å²) in [6, 6.07) is 29.4. The second-order valence-electron chi connectivity index (χ2n) is 9.46. The van der Waals surface area contributed by atoms with Crippen molar-refractivity contribution in [3.05, 3.63) is 126 Å². The molecular weight excluding hydrogens is 435 g/mol. The molecule has 0 bridgehead atoms. The van der Waals surface area contributed by atoms with E-state index in [1.807, 2.05) is 99.6 Å². The van der Waals surface area contributed by atoms with Gasteiger partial charge in [-0.05, 0) is 26.3 Å². The van der Waals surface area contributed by atoms with Gasteiger partial charge in [-0.25, -0.2) is 9.78 Å². The zero-order valence-corrected chi connectivity index (χ0v) is 20.5. The van der Waals surface area contributed by atoms with E-state index in [1.54, 1.807) is 12.5 Å². The van der Waals surface area contributed by atoms with Crippen molar-refractivity contribution in [1.82, 2.24) is 9.55 Å². The van der Waals surface area contributed by atoms with Gasteiger partial charge in [0.2, 0.25) is 0 Å². The van der Waals surface area contributed by atoms with Crippen LogP contribution < -0.4 is 0 Å². The Morgan fingerprint density at radius 3 is 1.97 bits per heavy atom. The average Bonchev–Trinajstić information content (AvgIpc) is 3.28. The third-order valence-electron chi connectivity index (χ3n) is 5.45. The van der Waals surface area contributed by atoms with Crippen LogP contribution >= 0.6 is 0 Å². The molecule has 0 aliphatic carbocycles. The molecule has 0 amide bonds. The number of carbonyl (C=O) groups is 1. The maximum atomic E-state index is 13.4. The van der Waals surface area contributed by atoms with Crippen LogP contribution in [-0.4, -0.2) is 32.9 Å². The number of imidazole rings is 1. The Morgan fingerprint density at radius 1 is 0.886 bits per heavy atom. The van der Waals surface area contributed by atoms with Crippen molar-refractivity contribution >= 4 is 11.7 Å². The molecule has 4 aromatic rings. The maximum Gasteiger partial charge on any atom is 0.331 e. The molecule has 0 radical (unpaired) electrons.